The number of furan rings is 1. The van der Waals surface area contributed by atoms with Gasteiger partial charge in [-0.25, -0.2) is 9.78 Å². The lowest BCUT2D eigenvalue weighted by atomic mass is 10.2. The number of carboxylic acids is 1. The summed E-state index contributed by atoms with van der Waals surface area (Å²) >= 11 is 3.24. The molecule has 78 valence electrons. The lowest BCUT2D eigenvalue weighted by Gasteiger charge is -2.04. The third-order valence-corrected chi connectivity index (χ3v) is 2.53. The quantitative estimate of drug-likeness (QED) is 0.908. The normalized spacial score (nSPS) is 10.5. The van der Waals surface area contributed by atoms with Crippen LogP contribution in [0.3, 0.4) is 0 Å². The fourth-order valence-corrected chi connectivity index (χ4v) is 1.75. The Morgan fingerprint density at radius 3 is 3.00 bits per heavy atom. The summed E-state index contributed by atoms with van der Waals surface area (Å²) in [6, 6.07) is 0. The van der Waals surface area contributed by atoms with Gasteiger partial charge in [-0.1, -0.05) is 0 Å². The maximum absolute atomic E-state index is 10.9. The highest BCUT2D eigenvalue weighted by Gasteiger charge is 2.19. The second-order valence-corrected chi connectivity index (χ2v) is 3.63. The molecule has 0 radical (unpaired) electrons. The number of methoxy groups -OCH3 is 1. The molecule has 0 aliphatic heterocycles. The fourth-order valence-electron chi connectivity index (χ4n) is 1.31. The van der Waals surface area contributed by atoms with Crippen LogP contribution in [-0.4, -0.2) is 23.2 Å². The molecule has 0 bridgehead atoms. The number of carbonyl (C=O) groups is 1. The van der Waals surface area contributed by atoms with Crippen molar-refractivity contribution in [3.05, 3.63) is 22.5 Å². The highest BCUT2D eigenvalue weighted by Crippen LogP contribution is 2.35. The number of fused-ring (bicyclic) bond motifs is 1. The van der Waals surface area contributed by atoms with Crippen LogP contribution in [0.1, 0.15) is 10.4 Å². The molecule has 0 amide bonds. The average molecular weight is 272 g/mol. The first kappa shape index (κ1) is 9.97. The van der Waals surface area contributed by atoms with E-state index in [2.05, 4.69) is 20.9 Å². The lowest BCUT2D eigenvalue weighted by Crippen LogP contribution is -2.01. The van der Waals surface area contributed by atoms with Crippen LogP contribution in [0.5, 0.6) is 5.75 Å². The summed E-state index contributed by atoms with van der Waals surface area (Å²) in [6.07, 6.45) is 2.64. The Hall–Kier alpha value is -1.56. The molecule has 2 heterocycles. The number of aromatic nitrogens is 1. The van der Waals surface area contributed by atoms with Crippen molar-refractivity contribution in [2.24, 2.45) is 0 Å². The van der Waals surface area contributed by atoms with E-state index in [9.17, 15) is 4.79 Å². The SMILES string of the molecule is COc1c(C(=O)O)cnc2occ(Br)c12. The van der Waals surface area contributed by atoms with Gasteiger partial charge in [0.25, 0.3) is 0 Å². The number of nitrogens with zero attached hydrogens (tertiary/aromatic N) is 1. The zero-order valence-corrected chi connectivity index (χ0v) is 9.24. The Bertz CT molecular complexity index is 534. The summed E-state index contributed by atoms with van der Waals surface area (Å²) < 4.78 is 10.8. The maximum Gasteiger partial charge on any atom is 0.341 e. The molecule has 2 aromatic rings. The molecule has 0 aromatic carbocycles. The lowest BCUT2D eigenvalue weighted by molar-refractivity contribution is 0.0693. The standard InChI is InChI=1S/C9H6BrNO4/c1-14-7-4(9(12)13)2-11-8-6(7)5(10)3-15-8/h2-3H,1H3,(H,12,13). The van der Waals surface area contributed by atoms with E-state index in [0.29, 0.717) is 15.6 Å². The van der Waals surface area contributed by atoms with Gasteiger partial charge in [0, 0.05) is 6.20 Å². The Labute approximate surface area is 92.8 Å². The van der Waals surface area contributed by atoms with Crippen molar-refractivity contribution in [1.29, 1.82) is 0 Å². The highest BCUT2D eigenvalue weighted by molar-refractivity contribution is 9.10. The van der Waals surface area contributed by atoms with Gasteiger partial charge in [0.1, 0.15) is 17.6 Å². The van der Waals surface area contributed by atoms with Crippen LogP contribution in [-0.2, 0) is 0 Å². The second kappa shape index (κ2) is 3.54. The minimum atomic E-state index is -1.09. The van der Waals surface area contributed by atoms with Gasteiger partial charge in [0.15, 0.2) is 0 Å². The summed E-state index contributed by atoms with van der Waals surface area (Å²) in [6.45, 7) is 0. The van der Waals surface area contributed by atoms with E-state index in [1.807, 2.05) is 0 Å². The molecule has 0 fully saturated rings. The molecule has 5 nitrogen and oxygen atoms in total. The van der Waals surface area contributed by atoms with Gasteiger partial charge in [0.05, 0.1) is 17.0 Å². The van der Waals surface area contributed by atoms with E-state index in [4.69, 9.17) is 14.3 Å². The van der Waals surface area contributed by atoms with Crippen LogP contribution >= 0.6 is 15.9 Å². The number of hydrogen-bond donors (Lipinski definition) is 1. The third-order valence-electron chi connectivity index (χ3n) is 1.94. The van der Waals surface area contributed by atoms with Gasteiger partial charge < -0.3 is 14.3 Å². The molecule has 6 heteroatoms. The molecule has 0 atom stereocenters. The summed E-state index contributed by atoms with van der Waals surface area (Å²) in [4.78, 5) is 14.8. The van der Waals surface area contributed by atoms with Gasteiger partial charge in [-0.15, -0.1) is 0 Å². The molecule has 15 heavy (non-hydrogen) atoms. The summed E-state index contributed by atoms with van der Waals surface area (Å²) in [7, 11) is 1.40. The summed E-state index contributed by atoms with van der Waals surface area (Å²) in [5.74, 6) is -0.845. The van der Waals surface area contributed by atoms with Gasteiger partial charge in [-0.2, -0.15) is 0 Å². The molecule has 0 saturated heterocycles. The topological polar surface area (TPSA) is 72.6 Å². The Morgan fingerprint density at radius 1 is 1.67 bits per heavy atom. The molecule has 0 saturated carbocycles. The van der Waals surface area contributed by atoms with E-state index in [1.165, 1.54) is 19.6 Å². The number of pyridine rings is 1. The van der Waals surface area contributed by atoms with Crippen molar-refractivity contribution in [2.75, 3.05) is 7.11 Å². The maximum atomic E-state index is 10.9. The van der Waals surface area contributed by atoms with Crippen molar-refractivity contribution in [2.45, 2.75) is 0 Å². The van der Waals surface area contributed by atoms with Gasteiger partial charge in [-0.3, -0.25) is 0 Å². The minimum absolute atomic E-state index is 0.00657. The first-order chi connectivity index (χ1) is 7.15. The first-order valence-corrected chi connectivity index (χ1v) is 4.77. The minimum Gasteiger partial charge on any atom is -0.495 e. The van der Waals surface area contributed by atoms with E-state index in [-0.39, 0.29) is 11.3 Å². The number of ether oxygens (including phenoxy) is 1. The van der Waals surface area contributed by atoms with Crippen molar-refractivity contribution in [1.82, 2.24) is 4.98 Å². The number of rotatable bonds is 2. The molecule has 0 aliphatic carbocycles. The Balaban J connectivity index is 2.85. The van der Waals surface area contributed by atoms with Gasteiger partial charge in [0.2, 0.25) is 5.71 Å². The van der Waals surface area contributed by atoms with Crippen molar-refractivity contribution >= 4 is 33.0 Å². The monoisotopic (exact) mass is 271 g/mol. The molecular formula is C9H6BrNO4. The Kier molecular flexibility index (Phi) is 2.36. The van der Waals surface area contributed by atoms with Crippen LogP contribution in [0.15, 0.2) is 21.3 Å². The van der Waals surface area contributed by atoms with E-state index < -0.39 is 5.97 Å². The largest absolute Gasteiger partial charge is 0.495 e. The third kappa shape index (κ3) is 1.46. The highest BCUT2D eigenvalue weighted by atomic mass is 79.9. The van der Waals surface area contributed by atoms with E-state index in [1.54, 1.807) is 0 Å². The van der Waals surface area contributed by atoms with Crippen molar-refractivity contribution in [3.8, 4) is 5.75 Å². The number of aromatic carboxylic acids is 1. The van der Waals surface area contributed by atoms with Crippen LogP contribution in [0.25, 0.3) is 11.1 Å². The van der Waals surface area contributed by atoms with E-state index in [0.717, 1.165) is 0 Å². The molecule has 2 rings (SSSR count). The summed E-state index contributed by atoms with van der Waals surface area (Å²) in [5.41, 5.74) is 0.343. The molecule has 1 N–H and O–H groups in total. The van der Waals surface area contributed by atoms with Crippen molar-refractivity contribution in [3.63, 3.8) is 0 Å². The second-order valence-electron chi connectivity index (χ2n) is 2.77. The van der Waals surface area contributed by atoms with E-state index >= 15 is 0 Å². The number of hydrogen-bond acceptors (Lipinski definition) is 4. The zero-order chi connectivity index (χ0) is 11.0. The van der Waals surface area contributed by atoms with Crippen LogP contribution < -0.4 is 4.74 Å². The fraction of sp³-hybridized carbons (Fsp3) is 0.111. The molecule has 0 spiro atoms. The Morgan fingerprint density at radius 2 is 2.40 bits per heavy atom. The predicted octanol–water partition coefficient (Wildman–Crippen LogP) is 2.30. The van der Waals surface area contributed by atoms with Crippen LogP contribution in [0, 0.1) is 0 Å². The predicted molar refractivity (Wildman–Crippen MR) is 55.2 cm³/mol. The number of carboxylic acid groups (broad SMARTS) is 1. The van der Waals surface area contributed by atoms with Crippen LogP contribution in [0.2, 0.25) is 0 Å². The smallest absolute Gasteiger partial charge is 0.341 e. The summed E-state index contributed by atoms with van der Waals surface area (Å²) in [5, 5.41) is 9.44. The zero-order valence-electron chi connectivity index (χ0n) is 7.65. The average Bonchev–Trinajstić information content (AvgIpc) is 2.59. The first-order valence-electron chi connectivity index (χ1n) is 3.98. The molecule has 2 aromatic heterocycles. The molecule has 0 aliphatic rings. The molecule has 0 unspecified atom stereocenters. The number of halogens is 1. The van der Waals surface area contributed by atoms with Gasteiger partial charge in [-0.05, 0) is 15.9 Å². The van der Waals surface area contributed by atoms with Gasteiger partial charge >= 0.3 is 5.97 Å². The van der Waals surface area contributed by atoms with Crippen LogP contribution in [0.4, 0.5) is 0 Å². The molecular weight excluding hydrogens is 266 g/mol. The van der Waals surface area contributed by atoms with Crippen molar-refractivity contribution < 1.29 is 19.1 Å².